The molecule has 1 aromatic rings. The third-order valence-corrected chi connectivity index (χ3v) is 3.78. The SMILES string of the molecule is CC(SC1COC1)C(=O)c1ccc(F)cc1. The molecule has 1 saturated heterocycles. The van der Waals surface area contributed by atoms with Crippen LogP contribution < -0.4 is 0 Å². The van der Waals surface area contributed by atoms with Crippen molar-refractivity contribution in [1.29, 1.82) is 0 Å². The van der Waals surface area contributed by atoms with Gasteiger partial charge in [-0.05, 0) is 31.2 Å². The van der Waals surface area contributed by atoms with Crippen LogP contribution in [0, 0.1) is 5.82 Å². The van der Waals surface area contributed by atoms with Gasteiger partial charge in [-0.2, -0.15) is 0 Å². The standard InChI is InChI=1S/C12H13FO2S/c1-8(16-11-6-15-7-11)12(14)9-2-4-10(13)5-3-9/h2-5,8,11H,6-7H2,1H3. The van der Waals surface area contributed by atoms with Gasteiger partial charge in [0.1, 0.15) is 5.82 Å². The van der Waals surface area contributed by atoms with Gasteiger partial charge in [0, 0.05) is 5.56 Å². The predicted octanol–water partition coefficient (Wildman–Crippen LogP) is 2.53. The van der Waals surface area contributed by atoms with Crippen molar-refractivity contribution in [3.63, 3.8) is 0 Å². The first-order valence-corrected chi connectivity index (χ1v) is 6.14. The first-order valence-electron chi connectivity index (χ1n) is 5.20. The van der Waals surface area contributed by atoms with E-state index in [1.807, 2.05) is 6.92 Å². The third kappa shape index (κ3) is 2.62. The van der Waals surface area contributed by atoms with E-state index in [4.69, 9.17) is 4.74 Å². The second-order valence-electron chi connectivity index (χ2n) is 3.81. The molecule has 2 rings (SSSR count). The Morgan fingerprint density at radius 3 is 2.56 bits per heavy atom. The Hall–Kier alpha value is -0.870. The third-order valence-electron chi connectivity index (χ3n) is 2.50. The largest absolute Gasteiger partial charge is 0.379 e. The second kappa shape index (κ2) is 4.97. The van der Waals surface area contributed by atoms with Gasteiger partial charge < -0.3 is 4.74 Å². The number of benzene rings is 1. The predicted molar refractivity (Wildman–Crippen MR) is 62.4 cm³/mol. The van der Waals surface area contributed by atoms with Gasteiger partial charge in [0.15, 0.2) is 5.78 Å². The Kier molecular flexibility index (Phi) is 3.61. The van der Waals surface area contributed by atoms with E-state index >= 15 is 0 Å². The molecule has 16 heavy (non-hydrogen) atoms. The highest BCUT2D eigenvalue weighted by Crippen LogP contribution is 2.26. The van der Waals surface area contributed by atoms with E-state index in [1.165, 1.54) is 24.3 Å². The smallest absolute Gasteiger partial charge is 0.175 e. The van der Waals surface area contributed by atoms with Crippen LogP contribution in [-0.2, 0) is 4.74 Å². The van der Waals surface area contributed by atoms with Crippen molar-refractivity contribution in [3.05, 3.63) is 35.6 Å². The van der Waals surface area contributed by atoms with Gasteiger partial charge in [-0.1, -0.05) is 0 Å². The summed E-state index contributed by atoms with van der Waals surface area (Å²) in [6.07, 6.45) is 0. The van der Waals surface area contributed by atoms with Gasteiger partial charge >= 0.3 is 0 Å². The Morgan fingerprint density at radius 1 is 1.44 bits per heavy atom. The van der Waals surface area contributed by atoms with Gasteiger partial charge in [-0.3, -0.25) is 4.79 Å². The minimum Gasteiger partial charge on any atom is -0.379 e. The molecular formula is C12H13FO2S. The lowest BCUT2D eigenvalue weighted by Gasteiger charge is -2.27. The number of carbonyl (C=O) groups excluding carboxylic acids is 1. The molecule has 1 unspecified atom stereocenters. The lowest BCUT2D eigenvalue weighted by atomic mass is 10.1. The number of hydrogen-bond acceptors (Lipinski definition) is 3. The Bertz CT molecular complexity index is 373. The fraction of sp³-hybridized carbons (Fsp3) is 0.417. The van der Waals surface area contributed by atoms with Gasteiger partial charge in [-0.15, -0.1) is 11.8 Å². The maximum absolute atomic E-state index is 12.7. The summed E-state index contributed by atoms with van der Waals surface area (Å²) in [6, 6.07) is 5.70. The number of carbonyl (C=O) groups is 1. The van der Waals surface area contributed by atoms with E-state index in [0.717, 1.165) is 13.2 Å². The molecule has 1 aliphatic rings. The molecule has 4 heteroatoms. The van der Waals surface area contributed by atoms with E-state index in [-0.39, 0.29) is 16.9 Å². The highest BCUT2D eigenvalue weighted by Gasteiger charge is 2.25. The number of ether oxygens (including phenoxy) is 1. The quantitative estimate of drug-likeness (QED) is 0.756. The fourth-order valence-electron chi connectivity index (χ4n) is 1.49. The summed E-state index contributed by atoms with van der Waals surface area (Å²) in [7, 11) is 0. The average molecular weight is 240 g/mol. The van der Waals surface area contributed by atoms with E-state index in [2.05, 4.69) is 0 Å². The molecule has 0 saturated carbocycles. The zero-order valence-corrected chi connectivity index (χ0v) is 9.80. The van der Waals surface area contributed by atoms with Gasteiger partial charge in [0.05, 0.1) is 23.7 Å². The average Bonchev–Trinajstić information content (AvgIpc) is 2.23. The van der Waals surface area contributed by atoms with Crippen molar-refractivity contribution >= 4 is 17.5 Å². The van der Waals surface area contributed by atoms with Gasteiger partial charge in [0.2, 0.25) is 0 Å². The number of hydrogen-bond donors (Lipinski definition) is 0. The van der Waals surface area contributed by atoms with Crippen molar-refractivity contribution in [3.8, 4) is 0 Å². The van der Waals surface area contributed by atoms with E-state index in [1.54, 1.807) is 11.8 Å². The summed E-state index contributed by atoms with van der Waals surface area (Å²) in [4.78, 5) is 11.9. The number of halogens is 1. The van der Waals surface area contributed by atoms with Crippen molar-refractivity contribution in [1.82, 2.24) is 0 Å². The highest BCUT2D eigenvalue weighted by atomic mass is 32.2. The van der Waals surface area contributed by atoms with Crippen molar-refractivity contribution in [2.24, 2.45) is 0 Å². The second-order valence-corrected chi connectivity index (χ2v) is 5.45. The molecule has 86 valence electrons. The molecule has 0 aliphatic carbocycles. The number of Topliss-reactive ketones (excluding diaryl/α,β-unsaturated/α-hetero) is 1. The minimum atomic E-state index is -0.316. The summed E-state index contributed by atoms with van der Waals surface area (Å²) < 4.78 is 17.7. The van der Waals surface area contributed by atoms with Crippen LogP contribution in [0.2, 0.25) is 0 Å². The molecular weight excluding hydrogens is 227 g/mol. The molecule has 1 atom stereocenters. The maximum Gasteiger partial charge on any atom is 0.175 e. The first-order chi connectivity index (χ1) is 7.66. The Balaban J connectivity index is 1.97. The topological polar surface area (TPSA) is 26.3 Å². The molecule has 1 aliphatic heterocycles. The number of rotatable bonds is 4. The van der Waals surface area contributed by atoms with E-state index in [0.29, 0.717) is 10.8 Å². The molecule has 0 N–H and O–H groups in total. The molecule has 0 spiro atoms. The highest BCUT2D eigenvalue weighted by molar-refractivity contribution is 8.01. The zero-order chi connectivity index (χ0) is 11.5. The molecule has 0 radical (unpaired) electrons. The minimum absolute atomic E-state index is 0.0527. The van der Waals surface area contributed by atoms with Crippen LogP contribution in [0.4, 0.5) is 4.39 Å². The summed E-state index contributed by atoms with van der Waals surface area (Å²) >= 11 is 1.63. The molecule has 1 aromatic carbocycles. The number of ketones is 1. The summed E-state index contributed by atoms with van der Waals surface area (Å²) in [6.45, 7) is 3.34. The molecule has 0 aromatic heterocycles. The van der Waals surface area contributed by atoms with Gasteiger partial charge in [-0.25, -0.2) is 4.39 Å². The fourth-order valence-corrected chi connectivity index (χ4v) is 2.68. The molecule has 0 bridgehead atoms. The van der Waals surface area contributed by atoms with Crippen LogP contribution in [0.15, 0.2) is 24.3 Å². The lowest BCUT2D eigenvalue weighted by Crippen LogP contribution is -2.33. The summed E-state index contributed by atoms with van der Waals surface area (Å²) in [5, 5.41) is 0.332. The normalized spacial score (nSPS) is 17.9. The van der Waals surface area contributed by atoms with Gasteiger partial charge in [0.25, 0.3) is 0 Å². The molecule has 1 fully saturated rings. The number of thioether (sulfide) groups is 1. The van der Waals surface area contributed by atoms with E-state index < -0.39 is 0 Å². The van der Waals surface area contributed by atoms with Crippen LogP contribution in [0.5, 0.6) is 0 Å². The van der Waals surface area contributed by atoms with Crippen molar-refractivity contribution in [2.75, 3.05) is 13.2 Å². The van der Waals surface area contributed by atoms with Crippen molar-refractivity contribution < 1.29 is 13.9 Å². The van der Waals surface area contributed by atoms with Crippen LogP contribution in [0.3, 0.4) is 0 Å². The molecule has 1 heterocycles. The summed E-state index contributed by atoms with van der Waals surface area (Å²) in [5.74, 6) is -0.263. The lowest BCUT2D eigenvalue weighted by molar-refractivity contribution is 0.0453. The maximum atomic E-state index is 12.7. The van der Waals surface area contributed by atoms with Crippen LogP contribution >= 0.6 is 11.8 Å². The van der Waals surface area contributed by atoms with Crippen molar-refractivity contribution in [2.45, 2.75) is 17.4 Å². The van der Waals surface area contributed by atoms with Crippen LogP contribution in [0.25, 0.3) is 0 Å². The van der Waals surface area contributed by atoms with E-state index in [9.17, 15) is 9.18 Å². The molecule has 2 nitrogen and oxygen atoms in total. The summed E-state index contributed by atoms with van der Waals surface area (Å²) in [5.41, 5.74) is 0.571. The monoisotopic (exact) mass is 240 g/mol. The zero-order valence-electron chi connectivity index (χ0n) is 8.98. The van der Waals surface area contributed by atoms with Crippen LogP contribution in [-0.4, -0.2) is 29.5 Å². The Labute approximate surface area is 98.2 Å². The van der Waals surface area contributed by atoms with Crippen LogP contribution in [0.1, 0.15) is 17.3 Å². The molecule has 0 amide bonds. The first kappa shape index (κ1) is 11.6. The Morgan fingerprint density at radius 2 is 2.06 bits per heavy atom.